The Morgan fingerprint density at radius 3 is 2.55 bits per heavy atom. The van der Waals surface area contributed by atoms with Crippen LogP contribution in [-0.2, 0) is 11.0 Å². The average Bonchev–Trinajstić information content (AvgIpc) is 2.81. The van der Waals surface area contributed by atoms with Crippen molar-refractivity contribution in [2.45, 2.75) is 61.7 Å². The summed E-state index contributed by atoms with van der Waals surface area (Å²) in [5.74, 6) is 3.83. The van der Waals surface area contributed by atoms with Gasteiger partial charge in [-0.25, -0.2) is 4.68 Å². The molecule has 1 aromatic rings. The maximum atomic E-state index is 12.6. The predicted molar refractivity (Wildman–Crippen MR) is 75.5 cm³/mol. The van der Waals surface area contributed by atoms with Gasteiger partial charge in [-0.15, -0.1) is 10.2 Å². The highest BCUT2D eigenvalue weighted by molar-refractivity contribution is 8.00. The number of carbonyl (C=O) groups excluding carboxylic acids is 1. The maximum Gasteiger partial charge on any atom is 0.453 e. The van der Waals surface area contributed by atoms with Crippen LogP contribution in [0.25, 0.3) is 0 Å². The summed E-state index contributed by atoms with van der Waals surface area (Å²) in [5.41, 5.74) is 0. The Bertz CT molecular complexity index is 527. The molecule has 1 heterocycles. The summed E-state index contributed by atoms with van der Waals surface area (Å²) in [4.78, 5) is 12.1. The molecule has 6 nitrogen and oxygen atoms in total. The minimum Gasteiger partial charge on any atom is -0.352 e. The van der Waals surface area contributed by atoms with Crippen molar-refractivity contribution >= 4 is 17.7 Å². The van der Waals surface area contributed by atoms with Crippen LogP contribution in [0.3, 0.4) is 0 Å². The monoisotopic (exact) mass is 337 g/mol. The van der Waals surface area contributed by atoms with Gasteiger partial charge in [0, 0.05) is 6.04 Å². The molecule has 1 atom stereocenters. The zero-order chi connectivity index (χ0) is 16.3. The molecule has 1 amide bonds. The first-order valence-corrected chi connectivity index (χ1v) is 7.91. The molecule has 3 N–H and O–H groups in total. The van der Waals surface area contributed by atoms with E-state index >= 15 is 0 Å². The molecule has 2 rings (SSSR count). The van der Waals surface area contributed by atoms with Crippen LogP contribution >= 0.6 is 11.8 Å². The Labute approximate surface area is 130 Å². The number of carbonyl (C=O) groups is 1. The second kappa shape index (κ2) is 6.76. The van der Waals surface area contributed by atoms with Crippen LogP contribution in [0.15, 0.2) is 5.16 Å². The van der Waals surface area contributed by atoms with Gasteiger partial charge in [0.1, 0.15) is 0 Å². The molecule has 1 aromatic heterocycles. The number of nitrogen functional groups attached to an aromatic ring is 1. The van der Waals surface area contributed by atoms with E-state index in [-0.39, 0.29) is 17.1 Å². The molecule has 1 fully saturated rings. The maximum absolute atomic E-state index is 12.6. The van der Waals surface area contributed by atoms with Crippen LogP contribution < -0.4 is 11.2 Å². The third-order valence-corrected chi connectivity index (χ3v) is 4.58. The van der Waals surface area contributed by atoms with E-state index in [1.807, 2.05) is 0 Å². The number of hydrogen-bond acceptors (Lipinski definition) is 5. The number of thioether (sulfide) groups is 1. The van der Waals surface area contributed by atoms with Gasteiger partial charge in [-0.1, -0.05) is 31.0 Å². The normalized spacial score (nSPS) is 18.2. The van der Waals surface area contributed by atoms with Crippen molar-refractivity contribution in [3.8, 4) is 0 Å². The van der Waals surface area contributed by atoms with Gasteiger partial charge in [-0.2, -0.15) is 13.2 Å². The van der Waals surface area contributed by atoms with E-state index in [0.29, 0.717) is 4.68 Å². The largest absolute Gasteiger partial charge is 0.453 e. The zero-order valence-electron chi connectivity index (χ0n) is 12.1. The van der Waals surface area contributed by atoms with Crippen molar-refractivity contribution < 1.29 is 18.0 Å². The molecule has 1 aliphatic carbocycles. The van der Waals surface area contributed by atoms with Crippen LogP contribution in [0, 0.1) is 0 Å². The molecule has 1 unspecified atom stereocenters. The number of nitrogens with two attached hydrogens (primary N) is 1. The van der Waals surface area contributed by atoms with Crippen molar-refractivity contribution in [1.82, 2.24) is 20.2 Å². The Morgan fingerprint density at radius 1 is 1.36 bits per heavy atom. The fourth-order valence-corrected chi connectivity index (χ4v) is 3.11. The third-order valence-electron chi connectivity index (χ3n) is 3.52. The molecule has 0 saturated heterocycles. The number of rotatable bonds is 4. The highest BCUT2D eigenvalue weighted by Gasteiger charge is 2.38. The number of halogens is 3. The fraction of sp³-hybridized carbons (Fsp3) is 0.750. The minimum absolute atomic E-state index is 0.140. The molecular formula is C12H18F3N5OS. The molecule has 0 aliphatic heterocycles. The highest BCUT2D eigenvalue weighted by atomic mass is 32.2. The topological polar surface area (TPSA) is 85.8 Å². The third kappa shape index (κ3) is 4.05. The van der Waals surface area contributed by atoms with Gasteiger partial charge < -0.3 is 11.2 Å². The number of nitrogens with zero attached hydrogens (tertiary/aromatic N) is 3. The molecule has 10 heteroatoms. The summed E-state index contributed by atoms with van der Waals surface area (Å²) < 4.78 is 38.1. The number of aromatic nitrogens is 3. The number of nitrogens with one attached hydrogen (secondary N) is 1. The van der Waals surface area contributed by atoms with E-state index in [2.05, 4.69) is 15.5 Å². The van der Waals surface area contributed by atoms with Crippen molar-refractivity contribution in [3.63, 3.8) is 0 Å². The lowest BCUT2D eigenvalue weighted by Crippen LogP contribution is -2.40. The fourth-order valence-electron chi connectivity index (χ4n) is 2.33. The second-order valence-electron chi connectivity index (χ2n) is 5.28. The average molecular weight is 337 g/mol. The van der Waals surface area contributed by atoms with Crippen LogP contribution in [0.5, 0.6) is 0 Å². The Hall–Kier alpha value is -1.45. The van der Waals surface area contributed by atoms with Crippen molar-refractivity contribution in [3.05, 3.63) is 5.82 Å². The molecule has 0 bridgehead atoms. The van der Waals surface area contributed by atoms with Gasteiger partial charge >= 0.3 is 6.18 Å². The molecule has 1 saturated carbocycles. The van der Waals surface area contributed by atoms with Crippen molar-refractivity contribution in [2.24, 2.45) is 0 Å². The molecule has 22 heavy (non-hydrogen) atoms. The number of hydrogen-bond donors (Lipinski definition) is 2. The van der Waals surface area contributed by atoms with E-state index < -0.39 is 17.3 Å². The van der Waals surface area contributed by atoms with Gasteiger partial charge in [0.25, 0.3) is 5.82 Å². The minimum atomic E-state index is -4.67. The van der Waals surface area contributed by atoms with Crippen LogP contribution in [0.4, 0.5) is 13.2 Å². The predicted octanol–water partition coefficient (Wildman–Crippen LogP) is 1.94. The Kier molecular flexibility index (Phi) is 5.20. The van der Waals surface area contributed by atoms with Gasteiger partial charge in [0.2, 0.25) is 11.1 Å². The smallest absolute Gasteiger partial charge is 0.352 e. The number of alkyl halides is 3. The number of amides is 1. The van der Waals surface area contributed by atoms with Gasteiger partial charge in [-0.05, 0) is 19.8 Å². The van der Waals surface area contributed by atoms with E-state index in [1.165, 1.54) is 6.42 Å². The van der Waals surface area contributed by atoms with Crippen LogP contribution in [0.1, 0.15) is 44.9 Å². The Morgan fingerprint density at radius 2 is 2.00 bits per heavy atom. The second-order valence-corrected chi connectivity index (χ2v) is 6.59. The quantitative estimate of drug-likeness (QED) is 0.648. The molecule has 124 valence electrons. The van der Waals surface area contributed by atoms with Gasteiger partial charge in [0.05, 0.1) is 5.25 Å². The molecule has 0 aromatic carbocycles. The standard InChI is InChI=1S/C12H18F3N5OS/c1-7(9(21)17-8-5-3-2-4-6-8)22-11-19-18-10(20(11)16)12(13,14)15/h7-8H,2-6,16H2,1H3,(H,17,21). The van der Waals surface area contributed by atoms with Gasteiger partial charge in [0.15, 0.2) is 0 Å². The first kappa shape index (κ1) is 16.9. The summed E-state index contributed by atoms with van der Waals surface area (Å²) in [6, 6.07) is 0.144. The van der Waals surface area contributed by atoms with Crippen LogP contribution in [0.2, 0.25) is 0 Å². The summed E-state index contributed by atoms with van der Waals surface area (Å²) in [5, 5.41) is 8.60. The van der Waals surface area contributed by atoms with Crippen LogP contribution in [-0.4, -0.2) is 32.1 Å². The molecular weight excluding hydrogens is 319 g/mol. The van der Waals surface area contributed by atoms with E-state index in [9.17, 15) is 18.0 Å². The van der Waals surface area contributed by atoms with E-state index in [0.717, 1.165) is 37.4 Å². The van der Waals surface area contributed by atoms with E-state index in [4.69, 9.17) is 5.84 Å². The lowest BCUT2D eigenvalue weighted by Gasteiger charge is -2.24. The van der Waals surface area contributed by atoms with Gasteiger partial charge in [-0.3, -0.25) is 4.79 Å². The zero-order valence-corrected chi connectivity index (χ0v) is 12.9. The SMILES string of the molecule is CC(Sc1nnc(C(F)(F)F)n1N)C(=O)NC1CCCCC1. The molecule has 0 spiro atoms. The first-order chi connectivity index (χ1) is 10.3. The first-order valence-electron chi connectivity index (χ1n) is 7.03. The summed E-state index contributed by atoms with van der Waals surface area (Å²) in [7, 11) is 0. The van der Waals surface area contributed by atoms with E-state index in [1.54, 1.807) is 6.92 Å². The molecule has 1 aliphatic rings. The highest BCUT2D eigenvalue weighted by Crippen LogP contribution is 2.30. The summed E-state index contributed by atoms with van der Waals surface area (Å²) in [6.07, 6.45) is 0.543. The summed E-state index contributed by atoms with van der Waals surface area (Å²) >= 11 is 0.856. The van der Waals surface area contributed by atoms with Crippen molar-refractivity contribution in [2.75, 3.05) is 5.84 Å². The lowest BCUT2D eigenvalue weighted by molar-refractivity contribution is -0.146. The van der Waals surface area contributed by atoms with Crippen molar-refractivity contribution in [1.29, 1.82) is 0 Å². The summed E-state index contributed by atoms with van der Waals surface area (Å²) in [6.45, 7) is 1.60. The lowest BCUT2D eigenvalue weighted by atomic mass is 9.95. The molecule has 0 radical (unpaired) electrons. The Balaban J connectivity index is 1.95.